The third-order valence-electron chi connectivity index (χ3n) is 4.70. The first-order valence-electron chi connectivity index (χ1n) is 10.3. The van der Waals surface area contributed by atoms with Gasteiger partial charge in [-0.15, -0.1) is 0 Å². The van der Waals surface area contributed by atoms with Gasteiger partial charge in [-0.2, -0.15) is 0 Å². The third kappa shape index (κ3) is 18.3. The summed E-state index contributed by atoms with van der Waals surface area (Å²) in [5, 5.41) is 0. The van der Waals surface area contributed by atoms with E-state index in [2.05, 4.69) is 6.92 Å². The Kier molecular flexibility index (Phi) is 19.5. The minimum atomic E-state index is -1.20. The van der Waals surface area contributed by atoms with Crippen molar-refractivity contribution in [2.45, 2.75) is 117 Å². The summed E-state index contributed by atoms with van der Waals surface area (Å²) in [5.74, 6) is 0. The van der Waals surface area contributed by atoms with Crippen LogP contribution in [-0.2, 0) is 4.57 Å². The zero-order valence-electron chi connectivity index (χ0n) is 15.6. The minimum absolute atomic E-state index is 0.906. The van der Waals surface area contributed by atoms with E-state index in [9.17, 15) is 4.57 Å². The van der Waals surface area contributed by atoms with Gasteiger partial charge >= 0.3 is 0 Å². The molecule has 0 radical (unpaired) electrons. The maximum absolute atomic E-state index is 11.3. The fraction of sp³-hybridized carbons (Fsp3) is 1.00. The monoisotopic (exact) mass is 330 g/mol. The van der Waals surface area contributed by atoms with Crippen molar-refractivity contribution >= 4 is 7.80 Å². The number of rotatable bonds is 18. The Hall–Kier alpha value is 0.230. The highest BCUT2D eigenvalue weighted by Crippen LogP contribution is 2.22. The summed E-state index contributed by atoms with van der Waals surface area (Å²) in [6.45, 7) is 4.34. The molecule has 0 fully saturated rings. The lowest BCUT2D eigenvalue weighted by molar-refractivity contribution is 0.531. The SMILES string of the molecule is CCCCCCCCCCCCCCCCCC[PH](=O)CC. The zero-order chi connectivity index (χ0) is 16.3. The van der Waals surface area contributed by atoms with E-state index in [4.69, 9.17) is 0 Å². The van der Waals surface area contributed by atoms with Crippen molar-refractivity contribution in [1.82, 2.24) is 0 Å². The second-order valence-electron chi connectivity index (χ2n) is 6.95. The smallest absolute Gasteiger partial charge is 0.0759 e. The maximum atomic E-state index is 11.3. The molecule has 1 unspecified atom stereocenters. The first kappa shape index (κ1) is 22.2. The van der Waals surface area contributed by atoms with Gasteiger partial charge in [0.05, 0.1) is 7.80 Å². The van der Waals surface area contributed by atoms with Crippen molar-refractivity contribution in [3.05, 3.63) is 0 Å². The summed E-state index contributed by atoms with van der Waals surface area (Å²) in [7, 11) is -1.20. The van der Waals surface area contributed by atoms with Crippen LogP contribution in [0.2, 0.25) is 0 Å². The van der Waals surface area contributed by atoms with Gasteiger partial charge in [-0.3, -0.25) is 0 Å². The third-order valence-corrected chi connectivity index (χ3v) is 6.40. The molecule has 0 amide bonds. The fourth-order valence-corrected chi connectivity index (χ4v) is 4.04. The van der Waals surface area contributed by atoms with Gasteiger partial charge in [0, 0.05) is 0 Å². The topological polar surface area (TPSA) is 17.1 Å². The molecule has 0 aromatic rings. The van der Waals surface area contributed by atoms with Crippen molar-refractivity contribution in [1.29, 1.82) is 0 Å². The van der Waals surface area contributed by atoms with E-state index < -0.39 is 7.80 Å². The van der Waals surface area contributed by atoms with Crippen LogP contribution >= 0.6 is 7.80 Å². The van der Waals surface area contributed by atoms with Crippen LogP contribution in [0.1, 0.15) is 117 Å². The largest absolute Gasteiger partial charge is 0.327 e. The van der Waals surface area contributed by atoms with Gasteiger partial charge in [-0.1, -0.05) is 110 Å². The highest BCUT2D eigenvalue weighted by molar-refractivity contribution is 7.44. The maximum Gasteiger partial charge on any atom is 0.0759 e. The lowest BCUT2D eigenvalue weighted by atomic mass is 10.0. The van der Waals surface area contributed by atoms with Crippen molar-refractivity contribution in [3.8, 4) is 0 Å². The molecule has 0 aromatic heterocycles. The normalized spacial score (nSPS) is 12.6. The molecule has 0 N–H and O–H groups in total. The van der Waals surface area contributed by atoms with Crippen LogP contribution in [0.15, 0.2) is 0 Å². The molecule has 0 aliphatic rings. The molecule has 0 aromatic carbocycles. The van der Waals surface area contributed by atoms with Crippen LogP contribution in [0.5, 0.6) is 0 Å². The summed E-state index contributed by atoms with van der Waals surface area (Å²) in [4.78, 5) is 0. The molecule has 0 rings (SSSR count). The van der Waals surface area contributed by atoms with Gasteiger partial charge in [-0.05, 0) is 18.7 Å². The minimum Gasteiger partial charge on any atom is -0.327 e. The van der Waals surface area contributed by atoms with E-state index in [0.29, 0.717) is 0 Å². The van der Waals surface area contributed by atoms with Crippen LogP contribution in [0.25, 0.3) is 0 Å². The van der Waals surface area contributed by atoms with Gasteiger partial charge < -0.3 is 4.57 Å². The highest BCUT2D eigenvalue weighted by Gasteiger charge is 1.97. The molecule has 134 valence electrons. The fourth-order valence-electron chi connectivity index (χ4n) is 3.05. The predicted molar refractivity (Wildman–Crippen MR) is 104 cm³/mol. The standard InChI is InChI=1S/C20H43OP/c1-3-5-6-7-8-9-10-11-12-13-14-15-16-17-18-19-20-22(21)4-2/h22H,3-20H2,1-2H3. The van der Waals surface area contributed by atoms with E-state index in [-0.39, 0.29) is 0 Å². The Morgan fingerprint density at radius 2 is 0.818 bits per heavy atom. The van der Waals surface area contributed by atoms with Gasteiger partial charge in [-0.25, -0.2) is 0 Å². The van der Waals surface area contributed by atoms with Crippen molar-refractivity contribution in [2.24, 2.45) is 0 Å². The van der Waals surface area contributed by atoms with Crippen LogP contribution in [0.3, 0.4) is 0 Å². The molecule has 0 saturated carbocycles. The Morgan fingerprint density at radius 1 is 0.500 bits per heavy atom. The lowest BCUT2D eigenvalue weighted by Crippen LogP contribution is -1.85. The number of hydrogen-bond acceptors (Lipinski definition) is 1. The molecule has 0 saturated heterocycles. The molecule has 0 aliphatic carbocycles. The summed E-state index contributed by atoms with van der Waals surface area (Å²) in [5.41, 5.74) is 0. The Balaban J connectivity index is 2.98. The average Bonchev–Trinajstić information content (AvgIpc) is 2.54. The second kappa shape index (κ2) is 19.3. The summed E-state index contributed by atoms with van der Waals surface area (Å²) >= 11 is 0. The van der Waals surface area contributed by atoms with Crippen LogP contribution < -0.4 is 0 Å². The molecule has 0 bridgehead atoms. The van der Waals surface area contributed by atoms with Gasteiger partial charge in [0.25, 0.3) is 0 Å². The quantitative estimate of drug-likeness (QED) is 0.185. The summed E-state index contributed by atoms with van der Waals surface area (Å²) < 4.78 is 11.3. The zero-order valence-corrected chi connectivity index (χ0v) is 16.6. The highest BCUT2D eigenvalue weighted by atomic mass is 31.1. The molecular weight excluding hydrogens is 287 g/mol. The summed E-state index contributed by atoms with van der Waals surface area (Å²) in [6, 6.07) is 0. The first-order valence-corrected chi connectivity index (χ1v) is 12.1. The molecule has 1 nitrogen and oxygen atoms in total. The van der Waals surface area contributed by atoms with E-state index in [0.717, 1.165) is 12.3 Å². The Morgan fingerprint density at radius 3 is 1.14 bits per heavy atom. The molecule has 2 heteroatoms. The van der Waals surface area contributed by atoms with E-state index in [1.54, 1.807) is 0 Å². The Bertz CT molecular complexity index is 228. The van der Waals surface area contributed by atoms with Crippen molar-refractivity contribution in [3.63, 3.8) is 0 Å². The lowest BCUT2D eigenvalue weighted by Gasteiger charge is -2.03. The first-order chi connectivity index (χ1) is 10.8. The average molecular weight is 331 g/mol. The number of unbranched alkanes of at least 4 members (excludes halogenated alkanes) is 15. The van der Waals surface area contributed by atoms with E-state index in [1.807, 2.05) is 6.92 Å². The number of hydrogen-bond donors (Lipinski definition) is 0. The van der Waals surface area contributed by atoms with Crippen molar-refractivity contribution in [2.75, 3.05) is 12.3 Å². The van der Waals surface area contributed by atoms with Crippen LogP contribution in [0, 0.1) is 0 Å². The van der Waals surface area contributed by atoms with Crippen molar-refractivity contribution < 1.29 is 4.57 Å². The Labute approximate surface area is 141 Å². The molecular formula is C20H43OP. The molecule has 0 aliphatic heterocycles. The van der Waals surface area contributed by atoms with E-state index in [1.165, 1.54) is 103 Å². The van der Waals surface area contributed by atoms with Crippen LogP contribution in [-0.4, -0.2) is 12.3 Å². The van der Waals surface area contributed by atoms with Gasteiger partial charge in [0.1, 0.15) is 0 Å². The molecule has 0 heterocycles. The molecule has 0 spiro atoms. The molecule has 22 heavy (non-hydrogen) atoms. The molecule has 1 atom stereocenters. The van der Waals surface area contributed by atoms with Crippen LogP contribution in [0.4, 0.5) is 0 Å². The second-order valence-corrected chi connectivity index (χ2v) is 9.23. The summed E-state index contributed by atoms with van der Waals surface area (Å²) in [6.07, 6.45) is 24.4. The van der Waals surface area contributed by atoms with Gasteiger partial charge in [0.2, 0.25) is 0 Å². The van der Waals surface area contributed by atoms with Gasteiger partial charge in [0.15, 0.2) is 0 Å². The predicted octanol–water partition coefficient (Wildman–Crippen LogP) is 7.83. The van der Waals surface area contributed by atoms with E-state index >= 15 is 0 Å².